The van der Waals surface area contributed by atoms with Gasteiger partial charge in [0.2, 0.25) is 0 Å². The monoisotopic (exact) mass is 419 g/mol. The van der Waals surface area contributed by atoms with Crippen LogP contribution in [0.15, 0.2) is 53.7 Å². The summed E-state index contributed by atoms with van der Waals surface area (Å²) in [4.78, 5) is 14.2. The zero-order valence-electron chi connectivity index (χ0n) is 17.9. The average Bonchev–Trinajstić information content (AvgIpc) is 2.70. The van der Waals surface area contributed by atoms with Gasteiger partial charge in [-0.05, 0) is 44.1 Å². The predicted molar refractivity (Wildman–Crippen MR) is 121 cm³/mol. The van der Waals surface area contributed by atoms with E-state index in [9.17, 15) is 14.1 Å². The molecule has 0 aromatic heterocycles. The Hall–Kier alpha value is -2.34. The number of allylic oxidation sites excluding steroid dienone is 4. The van der Waals surface area contributed by atoms with Gasteiger partial charge in [0.05, 0.1) is 26.9 Å². The summed E-state index contributed by atoms with van der Waals surface area (Å²) in [5, 5.41) is 9.59. The number of benzene rings is 1. The van der Waals surface area contributed by atoms with Crippen LogP contribution in [0.2, 0.25) is 0 Å². The van der Waals surface area contributed by atoms with Gasteiger partial charge < -0.3 is 14.7 Å². The van der Waals surface area contributed by atoms with Crippen molar-refractivity contribution >= 4 is 22.5 Å². The summed E-state index contributed by atoms with van der Waals surface area (Å²) in [7, 11) is -1.42. The Bertz CT molecular complexity index is 775. The molecule has 29 heavy (non-hydrogen) atoms. The maximum absolute atomic E-state index is 12.5. The smallest absolute Gasteiger partial charge is 0.335 e. The van der Waals surface area contributed by atoms with Crippen molar-refractivity contribution in [3.63, 3.8) is 0 Å². The molecule has 0 saturated carbocycles. The third-order valence-corrected chi connectivity index (χ3v) is 5.32. The van der Waals surface area contributed by atoms with Gasteiger partial charge in [-0.25, -0.2) is 4.79 Å². The van der Waals surface area contributed by atoms with Crippen LogP contribution in [0.3, 0.4) is 0 Å². The van der Waals surface area contributed by atoms with Crippen LogP contribution in [0.25, 0.3) is 0 Å². The summed E-state index contributed by atoms with van der Waals surface area (Å²) in [6.45, 7) is 11.3. The third kappa shape index (κ3) is 7.54. The van der Waals surface area contributed by atoms with E-state index in [1.54, 1.807) is 30.4 Å². The quantitative estimate of drug-likeness (QED) is 0.335. The molecule has 1 unspecified atom stereocenters. The summed E-state index contributed by atoms with van der Waals surface area (Å²) >= 11 is 0. The topological polar surface area (TPSA) is 66.8 Å². The van der Waals surface area contributed by atoms with Crippen LogP contribution >= 0.6 is 0 Å². The standard InChI is InChI=1S/C23H33NO4S/c1-6-10-13-19(9-4)28-22-20(24(14-11-7-2)15-12-8-3)16-18(23(25)26)17-21(22)29(5)27/h6,9-10,13,16-17H,1,7-8,11-12,14-15H2,2-5H3,(H,25,26)/b13-10-,19-9+. The summed E-state index contributed by atoms with van der Waals surface area (Å²) in [6.07, 6.45) is 12.5. The Labute approximate surface area is 177 Å². The fourth-order valence-electron chi connectivity index (χ4n) is 2.78. The maximum Gasteiger partial charge on any atom is 0.335 e. The lowest BCUT2D eigenvalue weighted by molar-refractivity contribution is 0.0696. The van der Waals surface area contributed by atoms with Crippen LogP contribution in [-0.2, 0) is 10.8 Å². The van der Waals surface area contributed by atoms with E-state index in [0.29, 0.717) is 22.1 Å². The predicted octanol–water partition coefficient (Wildman–Crippen LogP) is 5.55. The number of rotatable bonds is 13. The van der Waals surface area contributed by atoms with E-state index in [-0.39, 0.29) is 5.56 Å². The van der Waals surface area contributed by atoms with Crippen LogP contribution in [0.1, 0.15) is 56.8 Å². The van der Waals surface area contributed by atoms with Gasteiger partial charge in [0.25, 0.3) is 0 Å². The molecule has 0 aliphatic rings. The van der Waals surface area contributed by atoms with Crippen molar-refractivity contribution < 1.29 is 18.8 Å². The molecule has 0 aliphatic heterocycles. The Balaban J connectivity index is 3.65. The van der Waals surface area contributed by atoms with Crippen LogP contribution in [0, 0.1) is 0 Å². The van der Waals surface area contributed by atoms with E-state index >= 15 is 0 Å². The van der Waals surface area contributed by atoms with Crippen molar-refractivity contribution in [1.29, 1.82) is 0 Å². The first-order chi connectivity index (χ1) is 13.9. The van der Waals surface area contributed by atoms with E-state index in [1.165, 1.54) is 12.3 Å². The largest absolute Gasteiger partial charge is 0.478 e. The molecule has 0 heterocycles. The van der Waals surface area contributed by atoms with Crippen molar-refractivity contribution in [2.45, 2.75) is 51.3 Å². The number of nitrogens with zero attached hydrogens (tertiary/aromatic N) is 1. The van der Waals surface area contributed by atoms with Gasteiger partial charge in [-0.1, -0.05) is 45.4 Å². The molecule has 0 bridgehead atoms. The second kappa shape index (κ2) is 13.0. The first kappa shape index (κ1) is 24.7. The zero-order valence-corrected chi connectivity index (χ0v) is 18.8. The van der Waals surface area contributed by atoms with Crippen molar-refractivity contribution in [1.82, 2.24) is 0 Å². The van der Waals surface area contributed by atoms with Crippen molar-refractivity contribution in [2.75, 3.05) is 24.2 Å². The molecule has 0 spiro atoms. The molecule has 0 radical (unpaired) electrons. The van der Waals surface area contributed by atoms with Gasteiger partial charge in [0.15, 0.2) is 5.75 Å². The Morgan fingerprint density at radius 2 is 1.86 bits per heavy atom. The molecule has 1 rings (SSSR count). The van der Waals surface area contributed by atoms with Crippen molar-refractivity contribution in [2.24, 2.45) is 0 Å². The number of unbranched alkanes of at least 4 members (excludes halogenated alkanes) is 2. The number of aromatic carboxylic acids is 1. The fourth-order valence-corrected chi connectivity index (χ4v) is 3.48. The van der Waals surface area contributed by atoms with Gasteiger partial charge in [0.1, 0.15) is 5.76 Å². The van der Waals surface area contributed by atoms with E-state index in [4.69, 9.17) is 4.74 Å². The highest BCUT2D eigenvalue weighted by Gasteiger charge is 2.22. The number of carboxylic acids is 1. The molecular formula is C23H33NO4S. The molecule has 5 nitrogen and oxygen atoms in total. The molecule has 1 aromatic carbocycles. The van der Waals surface area contributed by atoms with Crippen LogP contribution < -0.4 is 9.64 Å². The van der Waals surface area contributed by atoms with Crippen LogP contribution in [0.4, 0.5) is 5.69 Å². The van der Waals surface area contributed by atoms with Gasteiger partial charge in [-0.15, -0.1) is 0 Å². The second-order valence-electron chi connectivity index (χ2n) is 6.66. The van der Waals surface area contributed by atoms with Gasteiger partial charge in [-0.3, -0.25) is 4.21 Å². The maximum atomic E-state index is 12.5. The summed E-state index contributed by atoms with van der Waals surface area (Å²) in [5.41, 5.74) is 0.780. The Morgan fingerprint density at radius 3 is 2.31 bits per heavy atom. The number of anilines is 1. The van der Waals surface area contributed by atoms with Crippen LogP contribution in [-0.4, -0.2) is 34.6 Å². The molecule has 160 valence electrons. The third-order valence-electron chi connectivity index (χ3n) is 4.40. The van der Waals surface area contributed by atoms with E-state index in [2.05, 4.69) is 25.3 Å². The lowest BCUT2D eigenvalue weighted by Crippen LogP contribution is -2.27. The van der Waals surface area contributed by atoms with Crippen molar-refractivity contribution in [3.05, 3.63) is 54.3 Å². The Kier molecular flexibility index (Phi) is 11.1. The lowest BCUT2D eigenvalue weighted by atomic mass is 10.1. The first-order valence-electron chi connectivity index (χ1n) is 10.0. The molecule has 0 fully saturated rings. The normalized spacial score (nSPS) is 12.8. The number of hydrogen-bond donors (Lipinski definition) is 1. The number of ether oxygens (including phenoxy) is 1. The molecule has 1 aromatic rings. The fraction of sp³-hybridized carbons (Fsp3) is 0.435. The highest BCUT2D eigenvalue weighted by atomic mass is 32.2. The van der Waals surface area contributed by atoms with Gasteiger partial charge >= 0.3 is 5.97 Å². The SMILES string of the molecule is C=C/C=C\C(=C/C)Oc1c(N(CCCC)CCCC)cc(C(=O)O)cc1S(C)=O. The zero-order chi connectivity index (χ0) is 21.8. The van der Waals surface area contributed by atoms with E-state index in [1.807, 2.05) is 6.92 Å². The molecule has 1 N–H and O–H groups in total. The summed E-state index contributed by atoms with van der Waals surface area (Å²) in [6, 6.07) is 3.07. The highest BCUT2D eigenvalue weighted by Crippen LogP contribution is 2.37. The van der Waals surface area contributed by atoms with Crippen molar-refractivity contribution in [3.8, 4) is 5.75 Å². The molecule has 0 saturated heterocycles. The first-order valence-corrected chi connectivity index (χ1v) is 11.6. The number of carboxylic acid groups (broad SMARTS) is 1. The molecule has 0 aliphatic carbocycles. The van der Waals surface area contributed by atoms with Crippen LogP contribution in [0.5, 0.6) is 5.75 Å². The minimum Gasteiger partial charge on any atom is -0.478 e. The minimum absolute atomic E-state index is 0.110. The summed E-state index contributed by atoms with van der Waals surface area (Å²) in [5.74, 6) is -0.0232. The lowest BCUT2D eigenvalue weighted by Gasteiger charge is -2.28. The molecule has 1 atom stereocenters. The molecule has 6 heteroatoms. The second-order valence-corrected chi connectivity index (χ2v) is 8.01. The summed E-state index contributed by atoms with van der Waals surface area (Å²) < 4.78 is 18.7. The van der Waals surface area contributed by atoms with Gasteiger partial charge in [0, 0.05) is 19.3 Å². The Morgan fingerprint density at radius 1 is 1.24 bits per heavy atom. The van der Waals surface area contributed by atoms with E-state index < -0.39 is 16.8 Å². The molecular weight excluding hydrogens is 386 g/mol. The minimum atomic E-state index is -1.42. The highest BCUT2D eigenvalue weighted by molar-refractivity contribution is 7.84. The average molecular weight is 420 g/mol. The number of hydrogen-bond acceptors (Lipinski definition) is 4. The van der Waals surface area contributed by atoms with E-state index in [0.717, 1.165) is 38.8 Å². The van der Waals surface area contributed by atoms with Gasteiger partial charge in [-0.2, -0.15) is 0 Å². The molecule has 0 amide bonds. The number of carbonyl (C=O) groups is 1.